The molecule has 0 saturated carbocycles. The molecule has 0 bridgehead atoms. The summed E-state index contributed by atoms with van der Waals surface area (Å²) in [5, 5.41) is 4.01. The first kappa shape index (κ1) is 15.7. The van der Waals surface area contributed by atoms with Gasteiger partial charge in [-0.15, -0.1) is 0 Å². The molecular formula is C19H18N4O. The molecule has 3 rings (SSSR count). The highest BCUT2D eigenvalue weighted by molar-refractivity contribution is 5.98. The largest absolute Gasteiger partial charge is 0.342 e. The maximum Gasteiger partial charge on any atom is 0.271 e. The molecule has 1 amide bonds. The number of benzene rings is 2. The van der Waals surface area contributed by atoms with Crippen LogP contribution in [0.1, 0.15) is 28.7 Å². The van der Waals surface area contributed by atoms with Gasteiger partial charge in [-0.3, -0.25) is 4.79 Å². The minimum Gasteiger partial charge on any atom is -0.342 e. The van der Waals surface area contributed by atoms with E-state index >= 15 is 0 Å². The number of aryl methyl sites for hydroxylation is 1. The Kier molecular flexibility index (Phi) is 4.52. The van der Waals surface area contributed by atoms with Gasteiger partial charge >= 0.3 is 0 Å². The van der Waals surface area contributed by atoms with Gasteiger partial charge in [0.2, 0.25) is 0 Å². The molecule has 120 valence electrons. The van der Waals surface area contributed by atoms with Crippen LogP contribution < -0.4 is 5.43 Å². The fourth-order valence-electron chi connectivity index (χ4n) is 2.39. The average molecular weight is 318 g/mol. The summed E-state index contributed by atoms with van der Waals surface area (Å²) >= 11 is 0. The van der Waals surface area contributed by atoms with Crippen LogP contribution >= 0.6 is 0 Å². The third-order valence-corrected chi connectivity index (χ3v) is 3.49. The fraction of sp³-hybridized carbons (Fsp3) is 0.105. The van der Waals surface area contributed by atoms with Crippen LogP contribution in [0.3, 0.4) is 0 Å². The van der Waals surface area contributed by atoms with E-state index in [1.807, 2.05) is 56.3 Å². The van der Waals surface area contributed by atoms with Crippen LogP contribution in [0.15, 0.2) is 59.2 Å². The van der Waals surface area contributed by atoms with Gasteiger partial charge in [0, 0.05) is 5.56 Å². The summed E-state index contributed by atoms with van der Waals surface area (Å²) in [5.41, 5.74) is 6.79. The van der Waals surface area contributed by atoms with Gasteiger partial charge in [0.05, 0.1) is 17.2 Å². The number of hydrogen-bond acceptors (Lipinski definition) is 3. The number of carbonyl (C=O) groups is 1. The van der Waals surface area contributed by atoms with Crippen molar-refractivity contribution in [1.82, 2.24) is 15.4 Å². The van der Waals surface area contributed by atoms with Crippen LogP contribution in [0.2, 0.25) is 0 Å². The Hall–Kier alpha value is -3.21. The van der Waals surface area contributed by atoms with Gasteiger partial charge < -0.3 is 4.98 Å². The van der Waals surface area contributed by atoms with Crippen molar-refractivity contribution in [2.24, 2.45) is 5.10 Å². The van der Waals surface area contributed by atoms with E-state index in [0.717, 1.165) is 28.0 Å². The van der Waals surface area contributed by atoms with E-state index in [4.69, 9.17) is 0 Å². The van der Waals surface area contributed by atoms with Crippen molar-refractivity contribution < 1.29 is 4.79 Å². The molecule has 3 aromatic rings. The minimum absolute atomic E-state index is 0.257. The van der Waals surface area contributed by atoms with Crippen molar-refractivity contribution in [3.05, 3.63) is 71.1 Å². The van der Waals surface area contributed by atoms with E-state index in [9.17, 15) is 4.79 Å². The Morgan fingerprint density at radius 3 is 2.79 bits per heavy atom. The molecular weight excluding hydrogens is 300 g/mol. The molecule has 0 aliphatic heterocycles. The Morgan fingerprint density at radius 1 is 1.21 bits per heavy atom. The molecule has 0 radical (unpaired) electrons. The monoisotopic (exact) mass is 318 g/mol. The van der Waals surface area contributed by atoms with Crippen molar-refractivity contribution in [1.29, 1.82) is 0 Å². The van der Waals surface area contributed by atoms with Gasteiger partial charge in [-0.25, -0.2) is 10.4 Å². The van der Waals surface area contributed by atoms with Crippen LogP contribution in [0.4, 0.5) is 0 Å². The predicted octanol–water partition coefficient (Wildman–Crippen LogP) is 3.69. The SMILES string of the molecule is CC(/C=N\NC(=O)c1ccc2nc(C)[nH]c2c1)=C\c1ccccc1. The first-order chi connectivity index (χ1) is 11.6. The number of allylic oxidation sites excluding steroid dienone is 1. The number of carbonyl (C=O) groups excluding carboxylic acids is 1. The lowest BCUT2D eigenvalue weighted by molar-refractivity contribution is 0.0955. The normalized spacial score (nSPS) is 12.0. The number of aromatic nitrogens is 2. The van der Waals surface area contributed by atoms with E-state index in [0.29, 0.717) is 5.56 Å². The molecule has 5 heteroatoms. The number of nitrogens with one attached hydrogen (secondary N) is 2. The Labute approximate surface area is 140 Å². The second-order valence-electron chi connectivity index (χ2n) is 5.55. The molecule has 0 unspecified atom stereocenters. The van der Waals surface area contributed by atoms with Crippen molar-refractivity contribution in [3.8, 4) is 0 Å². The number of aromatic amines is 1. The van der Waals surface area contributed by atoms with Gasteiger partial charge in [-0.2, -0.15) is 5.10 Å². The highest BCUT2D eigenvalue weighted by atomic mass is 16.2. The second-order valence-corrected chi connectivity index (χ2v) is 5.55. The topological polar surface area (TPSA) is 70.1 Å². The molecule has 1 aromatic heterocycles. The van der Waals surface area contributed by atoms with E-state index in [-0.39, 0.29) is 5.91 Å². The van der Waals surface area contributed by atoms with Crippen LogP contribution in [0.5, 0.6) is 0 Å². The molecule has 0 aliphatic rings. The van der Waals surface area contributed by atoms with Crippen LogP contribution in [-0.2, 0) is 0 Å². The van der Waals surface area contributed by atoms with Gasteiger partial charge in [0.1, 0.15) is 5.82 Å². The number of hydrogen-bond donors (Lipinski definition) is 2. The van der Waals surface area contributed by atoms with Crippen LogP contribution in [-0.4, -0.2) is 22.1 Å². The van der Waals surface area contributed by atoms with Gasteiger partial charge in [-0.05, 0) is 43.2 Å². The third kappa shape index (κ3) is 3.76. The molecule has 0 aliphatic carbocycles. The molecule has 24 heavy (non-hydrogen) atoms. The van der Waals surface area contributed by atoms with Crippen molar-refractivity contribution in [2.75, 3.05) is 0 Å². The number of hydrazone groups is 1. The minimum atomic E-state index is -0.257. The lowest BCUT2D eigenvalue weighted by atomic mass is 10.1. The molecule has 0 spiro atoms. The number of H-pyrrole nitrogens is 1. The molecule has 5 nitrogen and oxygen atoms in total. The molecule has 0 atom stereocenters. The summed E-state index contributed by atoms with van der Waals surface area (Å²) in [6.45, 7) is 3.81. The smallest absolute Gasteiger partial charge is 0.271 e. The van der Waals surface area contributed by atoms with Crippen LogP contribution in [0.25, 0.3) is 17.1 Å². The number of imidazole rings is 1. The van der Waals surface area contributed by atoms with Crippen molar-refractivity contribution in [2.45, 2.75) is 13.8 Å². The first-order valence-corrected chi connectivity index (χ1v) is 7.65. The van der Waals surface area contributed by atoms with Crippen LogP contribution in [0, 0.1) is 6.92 Å². The maximum atomic E-state index is 12.2. The fourth-order valence-corrected chi connectivity index (χ4v) is 2.39. The number of rotatable bonds is 4. The first-order valence-electron chi connectivity index (χ1n) is 7.65. The Morgan fingerprint density at radius 2 is 2.00 bits per heavy atom. The van der Waals surface area contributed by atoms with E-state index in [1.54, 1.807) is 18.3 Å². The summed E-state index contributed by atoms with van der Waals surface area (Å²) in [6.07, 6.45) is 3.62. The maximum absolute atomic E-state index is 12.2. The number of nitrogens with zero attached hydrogens (tertiary/aromatic N) is 2. The van der Waals surface area contributed by atoms with E-state index < -0.39 is 0 Å². The highest BCUT2D eigenvalue weighted by Crippen LogP contribution is 2.13. The Bertz CT molecular complexity index is 923. The van der Waals surface area contributed by atoms with Gasteiger partial charge in [-0.1, -0.05) is 36.4 Å². The van der Waals surface area contributed by atoms with Crippen molar-refractivity contribution >= 4 is 29.2 Å². The van der Waals surface area contributed by atoms with Gasteiger partial charge in [0.25, 0.3) is 5.91 Å². The third-order valence-electron chi connectivity index (χ3n) is 3.49. The quantitative estimate of drug-likeness (QED) is 0.569. The molecule has 2 aromatic carbocycles. The Balaban J connectivity index is 1.66. The summed E-state index contributed by atoms with van der Waals surface area (Å²) in [7, 11) is 0. The molecule has 1 heterocycles. The van der Waals surface area contributed by atoms with Gasteiger partial charge in [0.15, 0.2) is 0 Å². The van der Waals surface area contributed by atoms with E-state index in [1.165, 1.54) is 0 Å². The molecule has 2 N–H and O–H groups in total. The summed E-state index contributed by atoms with van der Waals surface area (Å²) in [4.78, 5) is 19.6. The summed E-state index contributed by atoms with van der Waals surface area (Å²) in [5.74, 6) is 0.565. The number of amides is 1. The zero-order valence-electron chi connectivity index (χ0n) is 13.6. The zero-order chi connectivity index (χ0) is 16.9. The lowest BCUT2D eigenvalue weighted by Gasteiger charge is -2.00. The lowest BCUT2D eigenvalue weighted by Crippen LogP contribution is -2.17. The molecule has 0 saturated heterocycles. The standard InChI is InChI=1S/C19H18N4O/c1-13(10-15-6-4-3-5-7-15)12-20-23-19(24)16-8-9-17-18(11-16)22-14(2)21-17/h3-12H,1-2H3,(H,21,22)(H,23,24)/b13-10+,20-12-. The average Bonchev–Trinajstić information content (AvgIpc) is 2.94. The van der Waals surface area contributed by atoms with E-state index in [2.05, 4.69) is 20.5 Å². The second kappa shape index (κ2) is 6.91. The number of fused-ring (bicyclic) bond motifs is 1. The predicted molar refractivity (Wildman–Crippen MR) is 96.9 cm³/mol. The molecule has 0 fully saturated rings. The zero-order valence-corrected chi connectivity index (χ0v) is 13.6. The van der Waals surface area contributed by atoms with Crippen molar-refractivity contribution in [3.63, 3.8) is 0 Å². The summed E-state index contributed by atoms with van der Waals surface area (Å²) in [6, 6.07) is 15.3. The summed E-state index contributed by atoms with van der Waals surface area (Å²) < 4.78 is 0. The highest BCUT2D eigenvalue weighted by Gasteiger charge is 2.07.